The van der Waals surface area contributed by atoms with Gasteiger partial charge in [-0.15, -0.1) is 11.3 Å². The summed E-state index contributed by atoms with van der Waals surface area (Å²) >= 11 is 1.50. The average molecular weight is 545 g/mol. The van der Waals surface area contributed by atoms with Gasteiger partial charge in [-0.3, -0.25) is 14.5 Å². The first-order chi connectivity index (χ1) is 17.8. The van der Waals surface area contributed by atoms with E-state index >= 15 is 0 Å². The highest BCUT2D eigenvalue weighted by Crippen LogP contribution is 2.39. The lowest BCUT2D eigenvalue weighted by Gasteiger charge is -2.30. The van der Waals surface area contributed by atoms with Crippen LogP contribution in [0.15, 0.2) is 29.2 Å². The lowest BCUT2D eigenvalue weighted by atomic mass is 10.0. The van der Waals surface area contributed by atoms with Crippen LogP contribution < -0.4 is 5.32 Å². The van der Waals surface area contributed by atoms with Crippen molar-refractivity contribution in [1.82, 2.24) is 14.1 Å². The van der Waals surface area contributed by atoms with Crippen LogP contribution in [0.25, 0.3) is 0 Å². The topological polar surface area (TPSA) is 90.0 Å². The van der Waals surface area contributed by atoms with Crippen LogP contribution in [0, 0.1) is 0 Å². The molecule has 0 saturated carbocycles. The van der Waals surface area contributed by atoms with Crippen molar-refractivity contribution >= 4 is 38.2 Å². The Morgan fingerprint density at radius 1 is 0.919 bits per heavy atom. The summed E-state index contributed by atoms with van der Waals surface area (Å²) in [6.45, 7) is 8.59. The van der Waals surface area contributed by atoms with Gasteiger partial charge in [-0.25, -0.2) is 8.42 Å². The maximum Gasteiger partial charge on any atom is 0.257 e. The molecule has 1 N–H and O–H groups in total. The summed E-state index contributed by atoms with van der Waals surface area (Å²) in [6, 6.07) is 6.54. The number of amides is 2. The third-order valence-electron chi connectivity index (χ3n) is 7.72. The van der Waals surface area contributed by atoms with Gasteiger partial charge >= 0.3 is 0 Å². The van der Waals surface area contributed by atoms with Gasteiger partial charge in [0.25, 0.3) is 11.8 Å². The summed E-state index contributed by atoms with van der Waals surface area (Å²) in [6.07, 6.45) is 5.60. The van der Waals surface area contributed by atoms with Crippen LogP contribution in [-0.4, -0.2) is 73.1 Å². The number of piperidine rings is 1. The highest BCUT2D eigenvalue weighted by atomic mass is 32.2. The fourth-order valence-corrected chi connectivity index (χ4v) is 8.24. The number of rotatable bonds is 6. The number of thiophene rings is 1. The Morgan fingerprint density at radius 2 is 1.57 bits per heavy atom. The molecule has 2 fully saturated rings. The van der Waals surface area contributed by atoms with Gasteiger partial charge in [0.2, 0.25) is 10.0 Å². The number of likely N-dealkylation sites (tertiary alicyclic amines) is 1. The standard InChI is InChI=1S/C27H36N4O4S2/c1-19(2)30-17-12-22-23(18-30)36-26(24(22)27(33)29-13-6-7-14-29)28-25(32)20-8-10-21(11-9-20)37(34,35)31-15-4-3-5-16-31/h8-11,19H,3-7,12-18H2,1-2H3,(H,28,32). The molecule has 3 aliphatic rings. The number of benzene rings is 1. The Bertz CT molecular complexity index is 1260. The van der Waals surface area contributed by atoms with Crippen LogP contribution in [0.2, 0.25) is 0 Å². The molecule has 8 nitrogen and oxygen atoms in total. The molecule has 4 heterocycles. The molecule has 2 saturated heterocycles. The normalized spacial score (nSPS) is 19.3. The maximum atomic E-state index is 13.5. The summed E-state index contributed by atoms with van der Waals surface area (Å²) in [5.41, 5.74) is 2.08. The van der Waals surface area contributed by atoms with E-state index in [1.807, 2.05) is 4.90 Å². The Morgan fingerprint density at radius 3 is 2.22 bits per heavy atom. The number of sulfonamides is 1. The van der Waals surface area contributed by atoms with Crippen LogP contribution in [0.4, 0.5) is 5.00 Å². The van der Waals surface area contributed by atoms with E-state index in [1.54, 1.807) is 12.1 Å². The lowest BCUT2D eigenvalue weighted by Crippen LogP contribution is -2.36. The molecule has 1 aromatic carbocycles. The van der Waals surface area contributed by atoms with E-state index in [0.29, 0.717) is 35.3 Å². The van der Waals surface area contributed by atoms with Crippen molar-refractivity contribution in [3.05, 3.63) is 45.8 Å². The van der Waals surface area contributed by atoms with Gasteiger partial charge in [0, 0.05) is 55.8 Å². The van der Waals surface area contributed by atoms with Gasteiger partial charge in [0.1, 0.15) is 5.00 Å². The zero-order valence-electron chi connectivity index (χ0n) is 21.7. The molecule has 0 aliphatic carbocycles. The summed E-state index contributed by atoms with van der Waals surface area (Å²) < 4.78 is 27.5. The minimum Gasteiger partial charge on any atom is -0.339 e. The highest BCUT2D eigenvalue weighted by Gasteiger charge is 2.33. The Kier molecular flexibility index (Phi) is 7.72. The number of nitrogens with zero attached hydrogens (tertiary/aromatic N) is 3. The number of carbonyl (C=O) groups is 2. The molecule has 1 aromatic heterocycles. The molecule has 37 heavy (non-hydrogen) atoms. The number of hydrogen-bond donors (Lipinski definition) is 1. The predicted molar refractivity (Wildman–Crippen MR) is 146 cm³/mol. The quantitative estimate of drug-likeness (QED) is 0.589. The zero-order chi connectivity index (χ0) is 26.2. The van der Waals surface area contributed by atoms with Crippen LogP contribution >= 0.6 is 11.3 Å². The fraction of sp³-hybridized carbons (Fsp3) is 0.556. The Hall–Kier alpha value is -2.27. The number of nitrogens with one attached hydrogen (secondary N) is 1. The van der Waals surface area contributed by atoms with Crippen LogP contribution in [-0.2, 0) is 23.0 Å². The molecule has 0 spiro atoms. The molecule has 0 bridgehead atoms. The number of fused-ring (bicyclic) bond motifs is 1. The second-order valence-electron chi connectivity index (χ2n) is 10.5. The predicted octanol–water partition coefficient (Wildman–Crippen LogP) is 4.18. The van der Waals surface area contributed by atoms with Gasteiger partial charge in [-0.05, 0) is 75.8 Å². The Labute approximate surface area is 223 Å². The third-order valence-corrected chi connectivity index (χ3v) is 10.8. The molecule has 3 aliphatic heterocycles. The van der Waals surface area contributed by atoms with Gasteiger partial charge in [-0.1, -0.05) is 6.42 Å². The third kappa shape index (κ3) is 5.34. The molecule has 0 unspecified atom stereocenters. The largest absolute Gasteiger partial charge is 0.339 e. The second-order valence-corrected chi connectivity index (χ2v) is 13.5. The van der Waals surface area contributed by atoms with Crippen molar-refractivity contribution in [2.45, 2.75) is 69.9 Å². The van der Waals surface area contributed by atoms with Crippen molar-refractivity contribution in [3.63, 3.8) is 0 Å². The first kappa shape index (κ1) is 26.3. The van der Waals surface area contributed by atoms with Crippen LogP contribution in [0.3, 0.4) is 0 Å². The summed E-state index contributed by atoms with van der Waals surface area (Å²) in [5.74, 6) is -0.331. The molecule has 200 valence electrons. The highest BCUT2D eigenvalue weighted by molar-refractivity contribution is 7.89. The van der Waals surface area contributed by atoms with Gasteiger partial charge in [-0.2, -0.15) is 4.31 Å². The number of carbonyl (C=O) groups excluding carboxylic acids is 2. The first-order valence-electron chi connectivity index (χ1n) is 13.3. The van der Waals surface area contributed by atoms with E-state index in [-0.39, 0.29) is 16.7 Å². The molecule has 2 amide bonds. The van der Waals surface area contributed by atoms with E-state index in [1.165, 1.54) is 27.8 Å². The van der Waals surface area contributed by atoms with Crippen molar-refractivity contribution in [2.24, 2.45) is 0 Å². The SMILES string of the molecule is CC(C)N1CCc2c(sc(NC(=O)c3ccc(S(=O)(=O)N4CCCCC4)cc3)c2C(=O)N2CCCC2)C1. The van der Waals surface area contributed by atoms with Crippen molar-refractivity contribution in [1.29, 1.82) is 0 Å². The molecule has 2 aromatic rings. The van der Waals surface area contributed by atoms with E-state index < -0.39 is 10.0 Å². The fourth-order valence-electron chi connectivity index (χ4n) is 5.46. The van der Waals surface area contributed by atoms with E-state index in [0.717, 1.165) is 75.1 Å². The molecular formula is C27H36N4O4S2. The van der Waals surface area contributed by atoms with Crippen molar-refractivity contribution in [3.8, 4) is 0 Å². The molecular weight excluding hydrogens is 508 g/mol. The maximum absolute atomic E-state index is 13.5. The number of anilines is 1. The van der Waals surface area contributed by atoms with Crippen LogP contribution in [0.5, 0.6) is 0 Å². The van der Waals surface area contributed by atoms with Crippen molar-refractivity contribution in [2.75, 3.05) is 38.0 Å². The summed E-state index contributed by atoms with van der Waals surface area (Å²) in [4.78, 5) is 32.4. The molecule has 0 atom stereocenters. The van der Waals surface area contributed by atoms with Gasteiger partial charge < -0.3 is 10.2 Å². The first-order valence-corrected chi connectivity index (χ1v) is 15.6. The summed E-state index contributed by atoms with van der Waals surface area (Å²) in [7, 11) is -3.56. The minimum atomic E-state index is -3.56. The monoisotopic (exact) mass is 544 g/mol. The minimum absolute atomic E-state index is 0.00581. The Balaban J connectivity index is 1.39. The van der Waals surface area contributed by atoms with Gasteiger partial charge in [0.15, 0.2) is 0 Å². The molecule has 10 heteroatoms. The number of hydrogen-bond acceptors (Lipinski definition) is 6. The second kappa shape index (κ2) is 10.8. The zero-order valence-corrected chi connectivity index (χ0v) is 23.3. The van der Waals surface area contributed by atoms with E-state index in [2.05, 4.69) is 24.1 Å². The summed E-state index contributed by atoms with van der Waals surface area (Å²) in [5, 5.41) is 3.61. The average Bonchev–Trinajstić information content (AvgIpc) is 3.56. The van der Waals surface area contributed by atoms with Gasteiger partial charge in [0.05, 0.1) is 10.5 Å². The van der Waals surface area contributed by atoms with Crippen LogP contribution in [0.1, 0.15) is 77.1 Å². The van der Waals surface area contributed by atoms with E-state index in [9.17, 15) is 18.0 Å². The molecule has 0 radical (unpaired) electrons. The molecule has 5 rings (SSSR count). The van der Waals surface area contributed by atoms with E-state index in [4.69, 9.17) is 0 Å². The lowest BCUT2D eigenvalue weighted by molar-refractivity contribution is 0.0792. The smallest absolute Gasteiger partial charge is 0.257 e. The van der Waals surface area contributed by atoms with Crippen molar-refractivity contribution < 1.29 is 18.0 Å².